The Balaban J connectivity index is 2.00. The molecule has 1 aliphatic heterocycles. The third-order valence-electron chi connectivity index (χ3n) is 4.10. The summed E-state index contributed by atoms with van der Waals surface area (Å²) in [6.45, 7) is 3.57. The average Bonchev–Trinajstić information content (AvgIpc) is 3.05. The van der Waals surface area contributed by atoms with Gasteiger partial charge in [0.05, 0.1) is 6.10 Å². The third-order valence-corrected chi connectivity index (χ3v) is 5.99. The lowest BCUT2D eigenvalue weighted by Gasteiger charge is -2.29. The van der Waals surface area contributed by atoms with Crippen LogP contribution in [0.4, 0.5) is 0 Å². The largest absolute Gasteiger partial charge is 0.461 e. The molecular formula is C20H19Cl2NO3S. The van der Waals surface area contributed by atoms with Crippen molar-refractivity contribution in [1.82, 2.24) is 4.90 Å². The highest BCUT2D eigenvalue weighted by Crippen LogP contribution is 2.44. The molecular weight excluding hydrogens is 405 g/mol. The summed E-state index contributed by atoms with van der Waals surface area (Å²) in [6, 6.07) is 13.4. The summed E-state index contributed by atoms with van der Waals surface area (Å²) in [4.78, 5) is 27.5. The van der Waals surface area contributed by atoms with E-state index in [1.807, 2.05) is 18.2 Å². The Morgan fingerprint density at radius 1 is 1.15 bits per heavy atom. The summed E-state index contributed by atoms with van der Waals surface area (Å²) in [6.07, 6.45) is -0.259. The summed E-state index contributed by atoms with van der Waals surface area (Å²) < 4.78 is 5.38. The number of hydrogen-bond acceptors (Lipinski definition) is 4. The van der Waals surface area contributed by atoms with Gasteiger partial charge in [-0.05, 0) is 38.1 Å². The summed E-state index contributed by atoms with van der Waals surface area (Å²) >= 11 is 13.9. The SMILES string of the molecule is CC(C)OC(=O)C1CSC(c2ccccc2Cl)N1C(=O)c1cccc(Cl)c1. The minimum absolute atomic E-state index is 0.259. The molecule has 7 heteroatoms. The molecule has 1 heterocycles. The van der Waals surface area contributed by atoms with E-state index >= 15 is 0 Å². The van der Waals surface area contributed by atoms with Gasteiger partial charge in [0.1, 0.15) is 11.4 Å². The summed E-state index contributed by atoms with van der Waals surface area (Å²) in [5.74, 6) is -0.256. The van der Waals surface area contributed by atoms with Gasteiger partial charge in [0, 0.05) is 26.9 Å². The first-order valence-corrected chi connectivity index (χ1v) is 10.3. The van der Waals surface area contributed by atoms with Gasteiger partial charge in [-0.1, -0.05) is 47.5 Å². The van der Waals surface area contributed by atoms with Gasteiger partial charge >= 0.3 is 5.97 Å². The molecule has 0 bridgehead atoms. The molecule has 0 radical (unpaired) electrons. The van der Waals surface area contributed by atoms with E-state index < -0.39 is 12.0 Å². The molecule has 142 valence electrons. The molecule has 3 rings (SSSR count). The second-order valence-corrected chi connectivity index (χ2v) is 8.39. The van der Waals surface area contributed by atoms with E-state index in [4.69, 9.17) is 27.9 Å². The Morgan fingerprint density at radius 2 is 1.89 bits per heavy atom. The molecule has 1 fully saturated rings. The van der Waals surface area contributed by atoms with E-state index in [1.54, 1.807) is 49.1 Å². The second kappa shape index (κ2) is 8.55. The van der Waals surface area contributed by atoms with Gasteiger partial charge in [-0.15, -0.1) is 11.8 Å². The Kier molecular flexibility index (Phi) is 6.35. The van der Waals surface area contributed by atoms with Crippen LogP contribution in [0.3, 0.4) is 0 Å². The minimum atomic E-state index is -0.690. The molecule has 1 saturated heterocycles. The highest BCUT2D eigenvalue weighted by molar-refractivity contribution is 7.99. The van der Waals surface area contributed by atoms with E-state index in [2.05, 4.69) is 0 Å². The zero-order valence-corrected chi connectivity index (χ0v) is 17.2. The molecule has 0 spiro atoms. The van der Waals surface area contributed by atoms with E-state index in [0.717, 1.165) is 5.56 Å². The number of carbonyl (C=O) groups is 2. The van der Waals surface area contributed by atoms with Crippen molar-refractivity contribution >= 4 is 46.8 Å². The van der Waals surface area contributed by atoms with Crippen LogP contribution in [0.25, 0.3) is 0 Å². The van der Waals surface area contributed by atoms with Gasteiger partial charge < -0.3 is 9.64 Å². The third kappa shape index (κ3) is 4.42. The first-order chi connectivity index (χ1) is 12.9. The van der Waals surface area contributed by atoms with E-state index in [-0.39, 0.29) is 17.4 Å². The fourth-order valence-corrected chi connectivity index (χ4v) is 4.88. The number of benzene rings is 2. The highest BCUT2D eigenvalue weighted by atomic mass is 35.5. The van der Waals surface area contributed by atoms with Crippen molar-refractivity contribution in [2.45, 2.75) is 31.4 Å². The van der Waals surface area contributed by atoms with Crippen molar-refractivity contribution in [3.05, 3.63) is 69.7 Å². The minimum Gasteiger partial charge on any atom is -0.461 e. The number of thioether (sulfide) groups is 1. The lowest BCUT2D eigenvalue weighted by atomic mass is 10.1. The van der Waals surface area contributed by atoms with Gasteiger partial charge in [-0.3, -0.25) is 4.79 Å². The Labute approximate surface area is 172 Å². The first-order valence-electron chi connectivity index (χ1n) is 8.53. The van der Waals surface area contributed by atoms with Gasteiger partial charge in [0.2, 0.25) is 0 Å². The summed E-state index contributed by atoms with van der Waals surface area (Å²) in [7, 11) is 0. The number of amides is 1. The highest BCUT2D eigenvalue weighted by Gasteiger charge is 2.44. The lowest BCUT2D eigenvalue weighted by Crippen LogP contribution is -2.44. The normalized spacial score (nSPS) is 19.4. The monoisotopic (exact) mass is 423 g/mol. The predicted molar refractivity (Wildman–Crippen MR) is 109 cm³/mol. The van der Waals surface area contributed by atoms with Crippen molar-refractivity contribution in [2.24, 2.45) is 0 Å². The molecule has 0 aromatic heterocycles. The van der Waals surface area contributed by atoms with Crippen LogP contribution in [-0.2, 0) is 9.53 Å². The fraction of sp³-hybridized carbons (Fsp3) is 0.300. The number of esters is 1. The summed E-state index contributed by atoms with van der Waals surface area (Å²) in [5.41, 5.74) is 1.21. The first kappa shape index (κ1) is 20.1. The van der Waals surface area contributed by atoms with Crippen LogP contribution in [0.5, 0.6) is 0 Å². The fourth-order valence-electron chi connectivity index (χ4n) is 2.93. The van der Waals surface area contributed by atoms with Crippen molar-refractivity contribution in [1.29, 1.82) is 0 Å². The molecule has 2 aromatic rings. The van der Waals surface area contributed by atoms with Crippen LogP contribution in [0.15, 0.2) is 48.5 Å². The molecule has 2 unspecified atom stereocenters. The molecule has 2 aromatic carbocycles. The van der Waals surface area contributed by atoms with Gasteiger partial charge in [-0.25, -0.2) is 4.79 Å². The molecule has 27 heavy (non-hydrogen) atoms. The number of nitrogens with zero attached hydrogens (tertiary/aromatic N) is 1. The molecule has 1 aliphatic rings. The van der Waals surface area contributed by atoms with Crippen LogP contribution in [0.2, 0.25) is 10.0 Å². The molecule has 0 saturated carbocycles. The Hall–Kier alpha value is -1.69. The van der Waals surface area contributed by atoms with Crippen LogP contribution < -0.4 is 0 Å². The number of halogens is 2. The van der Waals surface area contributed by atoms with Crippen LogP contribution in [0, 0.1) is 0 Å². The van der Waals surface area contributed by atoms with E-state index in [1.165, 1.54) is 11.8 Å². The van der Waals surface area contributed by atoms with Crippen LogP contribution in [0.1, 0.15) is 35.1 Å². The smallest absolute Gasteiger partial charge is 0.330 e. The quantitative estimate of drug-likeness (QED) is 0.633. The van der Waals surface area contributed by atoms with E-state index in [9.17, 15) is 9.59 Å². The van der Waals surface area contributed by atoms with Crippen LogP contribution >= 0.6 is 35.0 Å². The topological polar surface area (TPSA) is 46.6 Å². The molecule has 0 N–H and O–H groups in total. The molecule has 0 aliphatic carbocycles. The number of hydrogen-bond donors (Lipinski definition) is 0. The summed E-state index contributed by atoms with van der Waals surface area (Å²) in [5, 5.41) is 0.634. The maximum atomic E-state index is 13.3. The molecule has 4 nitrogen and oxygen atoms in total. The van der Waals surface area contributed by atoms with Crippen molar-refractivity contribution in [3.63, 3.8) is 0 Å². The Bertz CT molecular complexity index is 859. The average molecular weight is 424 g/mol. The zero-order chi connectivity index (χ0) is 19.6. The van der Waals surface area contributed by atoms with Gasteiger partial charge in [-0.2, -0.15) is 0 Å². The van der Waals surface area contributed by atoms with Crippen LogP contribution in [-0.4, -0.2) is 34.7 Å². The molecule has 1 amide bonds. The van der Waals surface area contributed by atoms with Crippen molar-refractivity contribution in [2.75, 3.05) is 5.75 Å². The number of carbonyl (C=O) groups excluding carboxylic acids is 2. The van der Waals surface area contributed by atoms with Gasteiger partial charge in [0.25, 0.3) is 5.91 Å². The van der Waals surface area contributed by atoms with Crippen molar-refractivity contribution in [3.8, 4) is 0 Å². The van der Waals surface area contributed by atoms with Crippen molar-refractivity contribution < 1.29 is 14.3 Å². The number of ether oxygens (including phenoxy) is 1. The number of rotatable bonds is 4. The van der Waals surface area contributed by atoms with Gasteiger partial charge in [0.15, 0.2) is 0 Å². The zero-order valence-electron chi connectivity index (χ0n) is 14.9. The maximum Gasteiger partial charge on any atom is 0.330 e. The maximum absolute atomic E-state index is 13.3. The Morgan fingerprint density at radius 3 is 2.56 bits per heavy atom. The lowest BCUT2D eigenvalue weighted by molar-refractivity contribution is -0.151. The molecule has 2 atom stereocenters. The second-order valence-electron chi connectivity index (χ2n) is 6.43. The standard InChI is InChI=1S/C20H19Cl2NO3S/c1-12(2)26-20(25)17-11-27-19(15-8-3-4-9-16(15)22)23(17)18(24)13-6-5-7-14(21)10-13/h3-10,12,17,19H,11H2,1-2H3. The predicted octanol–water partition coefficient (Wildman–Crippen LogP) is 5.20. The van der Waals surface area contributed by atoms with E-state index in [0.29, 0.717) is 21.4 Å².